The van der Waals surface area contributed by atoms with Gasteiger partial charge in [-0.15, -0.1) is 0 Å². The van der Waals surface area contributed by atoms with E-state index >= 15 is 0 Å². The van der Waals surface area contributed by atoms with Gasteiger partial charge in [0.2, 0.25) is 10.0 Å². The third-order valence-corrected chi connectivity index (χ3v) is 5.74. The molecule has 0 aromatic heterocycles. The molecule has 0 amide bonds. The average molecular weight is 334 g/mol. The van der Waals surface area contributed by atoms with Crippen LogP contribution >= 0.6 is 15.9 Å². The number of hydrogen-bond donors (Lipinski definition) is 1. The van der Waals surface area contributed by atoms with E-state index in [1.165, 1.54) is 22.5 Å². The van der Waals surface area contributed by atoms with Crippen LogP contribution in [0.1, 0.15) is 23.2 Å². The highest BCUT2D eigenvalue weighted by molar-refractivity contribution is 9.10. The topological polar surface area (TPSA) is 74.7 Å². The van der Waals surface area contributed by atoms with E-state index < -0.39 is 16.0 Å². The van der Waals surface area contributed by atoms with Crippen molar-refractivity contribution in [3.05, 3.63) is 28.2 Å². The van der Waals surface area contributed by atoms with Gasteiger partial charge < -0.3 is 5.11 Å². The summed E-state index contributed by atoms with van der Waals surface area (Å²) in [5.41, 5.74) is 0.0576. The molecule has 0 aliphatic carbocycles. The SMILES string of the molecule is O=C(O)c1ccc(S(=O)(=O)N2CCCC2)c(Br)c1. The van der Waals surface area contributed by atoms with Crippen molar-refractivity contribution in [3.63, 3.8) is 0 Å². The predicted octanol–water partition coefficient (Wildman–Crippen LogP) is 1.93. The minimum atomic E-state index is -3.52. The van der Waals surface area contributed by atoms with Crippen LogP contribution in [0.5, 0.6) is 0 Å². The van der Waals surface area contributed by atoms with Gasteiger partial charge in [-0.25, -0.2) is 13.2 Å². The number of carboxylic acid groups (broad SMARTS) is 1. The van der Waals surface area contributed by atoms with E-state index in [0.29, 0.717) is 13.1 Å². The first kappa shape index (κ1) is 13.5. The Labute approximate surface area is 114 Å². The van der Waals surface area contributed by atoms with E-state index in [1.807, 2.05) is 0 Å². The van der Waals surface area contributed by atoms with Gasteiger partial charge in [-0.05, 0) is 47.0 Å². The van der Waals surface area contributed by atoms with Crippen LogP contribution in [-0.2, 0) is 10.0 Å². The van der Waals surface area contributed by atoms with E-state index in [9.17, 15) is 13.2 Å². The van der Waals surface area contributed by atoms with Gasteiger partial charge in [0.15, 0.2) is 0 Å². The molecule has 1 aliphatic rings. The van der Waals surface area contributed by atoms with Gasteiger partial charge in [-0.3, -0.25) is 0 Å². The van der Waals surface area contributed by atoms with Gasteiger partial charge >= 0.3 is 5.97 Å². The maximum absolute atomic E-state index is 12.3. The summed E-state index contributed by atoms with van der Waals surface area (Å²) >= 11 is 3.13. The van der Waals surface area contributed by atoms with Gasteiger partial charge in [-0.2, -0.15) is 4.31 Å². The molecule has 18 heavy (non-hydrogen) atoms. The summed E-state index contributed by atoms with van der Waals surface area (Å²) in [4.78, 5) is 10.9. The molecule has 0 radical (unpaired) electrons. The lowest BCUT2D eigenvalue weighted by molar-refractivity contribution is 0.0696. The third-order valence-electron chi connectivity index (χ3n) is 2.86. The van der Waals surface area contributed by atoms with Crippen LogP contribution in [0.3, 0.4) is 0 Å². The first-order chi connectivity index (χ1) is 8.43. The van der Waals surface area contributed by atoms with E-state index in [2.05, 4.69) is 15.9 Å². The van der Waals surface area contributed by atoms with Crippen LogP contribution < -0.4 is 0 Å². The molecule has 0 bridgehead atoms. The molecule has 0 spiro atoms. The normalized spacial score (nSPS) is 16.9. The lowest BCUT2D eigenvalue weighted by Gasteiger charge is -2.16. The number of sulfonamides is 1. The van der Waals surface area contributed by atoms with E-state index in [0.717, 1.165) is 12.8 Å². The molecule has 1 saturated heterocycles. The number of nitrogens with zero attached hydrogens (tertiary/aromatic N) is 1. The van der Waals surface area contributed by atoms with E-state index in [-0.39, 0.29) is 14.9 Å². The Hall–Kier alpha value is -0.920. The summed E-state index contributed by atoms with van der Waals surface area (Å²) in [6.45, 7) is 1.05. The minimum Gasteiger partial charge on any atom is -0.478 e. The molecule has 0 atom stereocenters. The molecule has 1 aromatic rings. The first-order valence-corrected chi connectivity index (χ1v) is 7.69. The predicted molar refractivity (Wildman–Crippen MR) is 69.1 cm³/mol. The number of carbonyl (C=O) groups is 1. The Kier molecular flexibility index (Phi) is 3.74. The molecule has 2 rings (SSSR count). The lowest BCUT2D eigenvalue weighted by atomic mass is 10.2. The van der Waals surface area contributed by atoms with Crippen LogP contribution in [0, 0.1) is 0 Å². The van der Waals surface area contributed by atoms with Crippen LogP contribution in [0.25, 0.3) is 0 Å². The van der Waals surface area contributed by atoms with Crippen molar-refractivity contribution in [1.82, 2.24) is 4.31 Å². The zero-order valence-corrected chi connectivity index (χ0v) is 11.9. The summed E-state index contributed by atoms with van der Waals surface area (Å²) in [7, 11) is -3.52. The molecular formula is C11H12BrNO4S. The fourth-order valence-electron chi connectivity index (χ4n) is 1.91. The fourth-order valence-corrected chi connectivity index (χ4v) is 4.47. The van der Waals surface area contributed by atoms with Crippen LogP contribution in [0.2, 0.25) is 0 Å². The maximum atomic E-state index is 12.3. The maximum Gasteiger partial charge on any atom is 0.335 e. The third kappa shape index (κ3) is 2.43. The van der Waals surface area contributed by atoms with Gasteiger partial charge in [0.25, 0.3) is 0 Å². The van der Waals surface area contributed by atoms with Crippen molar-refractivity contribution < 1.29 is 18.3 Å². The summed E-state index contributed by atoms with van der Waals surface area (Å²) in [5.74, 6) is -1.08. The average Bonchev–Trinajstić information content (AvgIpc) is 2.82. The quantitative estimate of drug-likeness (QED) is 0.917. The Morgan fingerprint density at radius 2 is 1.89 bits per heavy atom. The summed E-state index contributed by atoms with van der Waals surface area (Å²) in [6.07, 6.45) is 1.73. The Bertz CT molecular complexity index is 579. The monoisotopic (exact) mass is 333 g/mol. The second-order valence-electron chi connectivity index (χ2n) is 4.06. The van der Waals surface area contributed by atoms with Crippen LogP contribution in [-0.4, -0.2) is 36.9 Å². The number of benzene rings is 1. The highest BCUT2D eigenvalue weighted by Gasteiger charge is 2.29. The largest absolute Gasteiger partial charge is 0.478 e. The lowest BCUT2D eigenvalue weighted by Crippen LogP contribution is -2.28. The van der Waals surface area contributed by atoms with Crippen LogP contribution in [0.4, 0.5) is 0 Å². The van der Waals surface area contributed by atoms with Gasteiger partial charge in [0.1, 0.15) is 0 Å². The number of aromatic carboxylic acids is 1. The zero-order chi connectivity index (χ0) is 13.3. The molecule has 1 N–H and O–H groups in total. The van der Waals surface area contributed by atoms with Crippen molar-refractivity contribution in [2.75, 3.05) is 13.1 Å². The van der Waals surface area contributed by atoms with Crippen molar-refractivity contribution in [3.8, 4) is 0 Å². The standard InChI is InChI=1S/C11H12BrNO4S/c12-9-7-8(11(14)15)3-4-10(9)18(16,17)13-5-1-2-6-13/h3-4,7H,1-2,5-6H2,(H,14,15). The molecule has 1 aromatic carbocycles. The molecule has 5 nitrogen and oxygen atoms in total. The second kappa shape index (κ2) is 4.99. The molecule has 7 heteroatoms. The number of rotatable bonds is 3. The summed E-state index contributed by atoms with van der Waals surface area (Å²) < 4.78 is 26.3. The highest BCUT2D eigenvalue weighted by Crippen LogP contribution is 2.28. The Morgan fingerprint density at radius 1 is 1.28 bits per heavy atom. The summed E-state index contributed by atoms with van der Waals surface area (Å²) in [6, 6.07) is 3.95. The number of hydrogen-bond acceptors (Lipinski definition) is 3. The Morgan fingerprint density at radius 3 is 2.39 bits per heavy atom. The molecule has 1 fully saturated rings. The first-order valence-electron chi connectivity index (χ1n) is 5.46. The molecule has 1 heterocycles. The molecule has 0 saturated carbocycles. The van der Waals surface area contributed by atoms with Crippen molar-refractivity contribution >= 4 is 31.9 Å². The number of halogens is 1. The van der Waals surface area contributed by atoms with E-state index in [1.54, 1.807) is 0 Å². The minimum absolute atomic E-state index is 0.0576. The molecule has 1 aliphatic heterocycles. The Balaban J connectivity index is 2.42. The van der Waals surface area contributed by atoms with Crippen molar-refractivity contribution in [2.24, 2.45) is 0 Å². The van der Waals surface area contributed by atoms with Crippen molar-refractivity contribution in [1.29, 1.82) is 0 Å². The molecule has 0 unspecified atom stereocenters. The zero-order valence-electron chi connectivity index (χ0n) is 9.47. The van der Waals surface area contributed by atoms with Gasteiger partial charge in [0, 0.05) is 17.6 Å². The second-order valence-corrected chi connectivity index (χ2v) is 6.82. The molecule has 98 valence electrons. The highest BCUT2D eigenvalue weighted by atomic mass is 79.9. The van der Waals surface area contributed by atoms with Crippen LogP contribution in [0.15, 0.2) is 27.6 Å². The number of carboxylic acids is 1. The smallest absolute Gasteiger partial charge is 0.335 e. The van der Waals surface area contributed by atoms with Gasteiger partial charge in [0.05, 0.1) is 10.5 Å². The fraction of sp³-hybridized carbons (Fsp3) is 0.364. The molecular weight excluding hydrogens is 322 g/mol. The van der Waals surface area contributed by atoms with E-state index in [4.69, 9.17) is 5.11 Å². The summed E-state index contributed by atoms with van der Waals surface area (Å²) in [5, 5.41) is 8.83. The van der Waals surface area contributed by atoms with Gasteiger partial charge in [-0.1, -0.05) is 0 Å². The van der Waals surface area contributed by atoms with Crippen molar-refractivity contribution in [2.45, 2.75) is 17.7 Å².